The quantitative estimate of drug-likeness (QED) is 0.719. The second-order valence-corrected chi connectivity index (χ2v) is 5.67. The van der Waals surface area contributed by atoms with Gasteiger partial charge in [-0.3, -0.25) is 0 Å². The Kier molecular flexibility index (Phi) is 5.96. The van der Waals surface area contributed by atoms with Crippen LogP contribution in [0.25, 0.3) is 0 Å². The molecule has 0 unspecified atom stereocenters. The van der Waals surface area contributed by atoms with Crippen LogP contribution in [0.3, 0.4) is 0 Å². The van der Waals surface area contributed by atoms with Gasteiger partial charge in [0, 0.05) is 12.7 Å². The maximum atomic E-state index is 12.3. The average molecular weight is 347 g/mol. The highest BCUT2D eigenvalue weighted by Crippen LogP contribution is 2.38. The largest absolute Gasteiger partial charge is 0.493 e. The molecular weight excluding hydrogens is 322 g/mol. The first-order valence-corrected chi connectivity index (χ1v) is 8.09. The Labute approximate surface area is 148 Å². The molecule has 25 heavy (non-hydrogen) atoms. The van der Waals surface area contributed by atoms with Gasteiger partial charge in [-0.15, -0.1) is 0 Å². The third-order valence-corrected chi connectivity index (χ3v) is 4.13. The highest BCUT2D eigenvalue weighted by molar-refractivity contribution is 5.90. The second kappa shape index (κ2) is 7.96. The van der Waals surface area contributed by atoms with Crippen LogP contribution in [-0.4, -0.2) is 38.5 Å². The molecule has 0 saturated heterocycles. The zero-order valence-electron chi connectivity index (χ0n) is 15.6. The number of hydrogen-bond acceptors (Lipinski definition) is 5. The fraction of sp³-hybridized carbons (Fsp3) is 0.421. The molecule has 0 bridgehead atoms. The van der Waals surface area contributed by atoms with E-state index in [0.717, 1.165) is 16.7 Å². The Morgan fingerprint density at radius 2 is 1.64 bits per heavy atom. The Bertz CT molecular complexity index is 738. The standard InChI is InChI=1S/C19H25NO5/c1-7-25-19(21)17-13(3)12(2)10-20(17)11-14-8-15(22-4)18(24-6)16(9-14)23-5/h8-10H,7,11H2,1-6H3. The molecule has 6 heteroatoms. The van der Waals surface area contributed by atoms with Crippen molar-refractivity contribution in [2.75, 3.05) is 27.9 Å². The summed E-state index contributed by atoms with van der Waals surface area (Å²) in [6, 6.07) is 3.75. The van der Waals surface area contributed by atoms with Crippen LogP contribution in [0.1, 0.15) is 34.1 Å². The zero-order chi connectivity index (χ0) is 18.6. The van der Waals surface area contributed by atoms with Crippen LogP contribution in [0.4, 0.5) is 0 Å². The summed E-state index contributed by atoms with van der Waals surface area (Å²) >= 11 is 0. The van der Waals surface area contributed by atoms with E-state index in [4.69, 9.17) is 18.9 Å². The highest BCUT2D eigenvalue weighted by atomic mass is 16.5. The lowest BCUT2D eigenvalue weighted by atomic mass is 10.1. The van der Waals surface area contributed by atoms with Crippen molar-refractivity contribution in [2.45, 2.75) is 27.3 Å². The summed E-state index contributed by atoms with van der Waals surface area (Å²) in [6.07, 6.45) is 1.95. The Balaban J connectivity index is 2.46. The maximum Gasteiger partial charge on any atom is 0.355 e. The number of hydrogen-bond donors (Lipinski definition) is 0. The van der Waals surface area contributed by atoms with Gasteiger partial charge in [0.25, 0.3) is 0 Å². The number of benzene rings is 1. The van der Waals surface area contributed by atoms with Gasteiger partial charge in [0.15, 0.2) is 11.5 Å². The molecule has 0 saturated carbocycles. The molecule has 0 aliphatic carbocycles. The van der Waals surface area contributed by atoms with Gasteiger partial charge in [0.1, 0.15) is 5.69 Å². The van der Waals surface area contributed by atoms with Crippen molar-refractivity contribution in [3.05, 3.63) is 40.7 Å². The topological polar surface area (TPSA) is 58.9 Å². The summed E-state index contributed by atoms with van der Waals surface area (Å²) in [5.74, 6) is 1.38. The zero-order valence-corrected chi connectivity index (χ0v) is 15.6. The van der Waals surface area contributed by atoms with Crippen molar-refractivity contribution >= 4 is 5.97 Å². The van der Waals surface area contributed by atoms with E-state index in [0.29, 0.717) is 36.1 Å². The number of nitrogens with zero attached hydrogens (tertiary/aromatic N) is 1. The van der Waals surface area contributed by atoms with Crippen molar-refractivity contribution in [1.29, 1.82) is 0 Å². The van der Waals surface area contributed by atoms with E-state index in [1.165, 1.54) is 0 Å². The smallest absolute Gasteiger partial charge is 0.355 e. The molecule has 0 amide bonds. The molecule has 0 atom stereocenters. The van der Waals surface area contributed by atoms with Gasteiger partial charge < -0.3 is 23.5 Å². The summed E-state index contributed by atoms with van der Waals surface area (Å²) in [4.78, 5) is 12.3. The first-order valence-electron chi connectivity index (χ1n) is 8.09. The molecular formula is C19H25NO5. The predicted molar refractivity (Wildman–Crippen MR) is 95.1 cm³/mol. The number of esters is 1. The van der Waals surface area contributed by atoms with Gasteiger partial charge in [-0.2, -0.15) is 0 Å². The van der Waals surface area contributed by atoms with E-state index in [2.05, 4.69) is 0 Å². The van der Waals surface area contributed by atoms with Crippen LogP contribution < -0.4 is 14.2 Å². The summed E-state index contributed by atoms with van der Waals surface area (Å²) in [5.41, 5.74) is 3.45. The summed E-state index contributed by atoms with van der Waals surface area (Å²) < 4.78 is 23.2. The molecule has 1 aromatic heterocycles. The first-order chi connectivity index (χ1) is 12.0. The predicted octanol–water partition coefficient (Wildman–Crippen LogP) is 3.36. The van der Waals surface area contributed by atoms with Crippen molar-refractivity contribution in [3.63, 3.8) is 0 Å². The van der Waals surface area contributed by atoms with Crippen LogP contribution in [-0.2, 0) is 11.3 Å². The number of carbonyl (C=O) groups excluding carboxylic acids is 1. The Morgan fingerprint density at radius 3 is 2.12 bits per heavy atom. The number of aromatic nitrogens is 1. The van der Waals surface area contributed by atoms with Crippen LogP contribution in [0, 0.1) is 13.8 Å². The van der Waals surface area contributed by atoms with Crippen molar-refractivity contribution < 1.29 is 23.7 Å². The number of methoxy groups -OCH3 is 3. The normalized spacial score (nSPS) is 10.5. The molecule has 136 valence electrons. The van der Waals surface area contributed by atoms with Crippen LogP contribution in [0.15, 0.2) is 18.3 Å². The highest BCUT2D eigenvalue weighted by Gasteiger charge is 2.20. The lowest BCUT2D eigenvalue weighted by Gasteiger charge is -2.15. The molecule has 2 aromatic rings. The molecule has 0 fully saturated rings. The summed E-state index contributed by atoms with van der Waals surface area (Å²) in [5, 5.41) is 0. The molecule has 0 radical (unpaired) electrons. The summed E-state index contributed by atoms with van der Waals surface area (Å²) in [7, 11) is 4.72. The van der Waals surface area contributed by atoms with Gasteiger partial charge in [-0.05, 0) is 49.6 Å². The fourth-order valence-corrected chi connectivity index (χ4v) is 2.82. The van der Waals surface area contributed by atoms with E-state index >= 15 is 0 Å². The number of carbonyl (C=O) groups is 1. The van der Waals surface area contributed by atoms with E-state index in [9.17, 15) is 4.79 Å². The lowest BCUT2D eigenvalue weighted by Crippen LogP contribution is -2.14. The van der Waals surface area contributed by atoms with Crippen LogP contribution >= 0.6 is 0 Å². The fourth-order valence-electron chi connectivity index (χ4n) is 2.82. The third-order valence-electron chi connectivity index (χ3n) is 4.13. The Morgan fingerprint density at radius 1 is 1.04 bits per heavy atom. The monoisotopic (exact) mass is 347 g/mol. The second-order valence-electron chi connectivity index (χ2n) is 5.67. The van der Waals surface area contributed by atoms with Crippen LogP contribution in [0.2, 0.25) is 0 Å². The van der Waals surface area contributed by atoms with Gasteiger partial charge in [0.2, 0.25) is 5.75 Å². The SMILES string of the molecule is CCOC(=O)c1c(C)c(C)cn1Cc1cc(OC)c(OC)c(OC)c1. The maximum absolute atomic E-state index is 12.3. The Hall–Kier alpha value is -2.63. The van der Waals surface area contributed by atoms with Gasteiger partial charge in [-0.25, -0.2) is 4.79 Å². The number of aryl methyl sites for hydroxylation is 1. The third kappa shape index (κ3) is 3.73. The van der Waals surface area contributed by atoms with E-state index in [1.54, 1.807) is 28.3 Å². The van der Waals surface area contributed by atoms with E-state index in [1.807, 2.05) is 36.7 Å². The number of ether oxygens (including phenoxy) is 4. The lowest BCUT2D eigenvalue weighted by molar-refractivity contribution is 0.0513. The molecule has 0 aliphatic heterocycles. The molecule has 1 aromatic carbocycles. The molecule has 0 spiro atoms. The molecule has 0 N–H and O–H groups in total. The van der Waals surface area contributed by atoms with Crippen molar-refractivity contribution in [1.82, 2.24) is 4.57 Å². The minimum Gasteiger partial charge on any atom is -0.493 e. The van der Waals surface area contributed by atoms with E-state index < -0.39 is 0 Å². The first kappa shape index (κ1) is 18.7. The minimum atomic E-state index is -0.319. The number of rotatable bonds is 7. The minimum absolute atomic E-state index is 0.319. The van der Waals surface area contributed by atoms with Gasteiger partial charge in [-0.1, -0.05) is 0 Å². The molecule has 0 aliphatic rings. The van der Waals surface area contributed by atoms with Crippen LogP contribution in [0.5, 0.6) is 17.2 Å². The van der Waals surface area contributed by atoms with Crippen molar-refractivity contribution in [3.8, 4) is 17.2 Å². The van der Waals surface area contributed by atoms with Crippen molar-refractivity contribution in [2.24, 2.45) is 0 Å². The average Bonchev–Trinajstić information content (AvgIpc) is 2.87. The van der Waals surface area contributed by atoms with E-state index in [-0.39, 0.29) is 5.97 Å². The molecule has 2 rings (SSSR count). The molecule has 6 nitrogen and oxygen atoms in total. The molecule has 1 heterocycles. The van der Waals surface area contributed by atoms with Gasteiger partial charge >= 0.3 is 5.97 Å². The van der Waals surface area contributed by atoms with Gasteiger partial charge in [0.05, 0.1) is 27.9 Å². The summed E-state index contributed by atoms with van der Waals surface area (Å²) in [6.45, 7) is 6.52.